The van der Waals surface area contributed by atoms with Gasteiger partial charge in [0.2, 0.25) is 0 Å². The number of halogens is 1. The van der Waals surface area contributed by atoms with Gasteiger partial charge in [0.15, 0.2) is 21.7 Å². The molecule has 10 heteroatoms. The fraction of sp³-hybridized carbons (Fsp3) is 0.364. The Hall–Kier alpha value is -1.65. The number of fused-ring (bicyclic) bond motifs is 5. The Morgan fingerprint density at radius 1 is 1.28 bits per heavy atom. The summed E-state index contributed by atoms with van der Waals surface area (Å²) in [5.74, 6) is 0.725. The van der Waals surface area contributed by atoms with E-state index in [9.17, 15) is 4.79 Å². The lowest BCUT2D eigenvalue weighted by atomic mass is 9.96. The van der Waals surface area contributed by atoms with Crippen LogP contribution in [0.5, 0.6) is 0 Å². The fourth-order valence-corrected chi connectivity index (χ4v) is 6.56. The Bertz CT molecular complexity index is 1320. The van der Waals surface area contributed by atoms with Gasteiger partial charge in [-0.1, -0.05) is 49.0 Å². The summed E-state index contributed by atoms with van der Waals surface area (Å²) in [5, 5.41) is 12.2. The molecule has 6 nitrogen and oxygen atoms in total. The number of carbonyl (C=O) groups is 1. The van der Waals surface area contributed by atoms with Gasteiger partial charge in [-0.05, 0) is 42.0 Å². The molecule has 0 amide bonds. The van der Waals surface area contributed by atoms with Crippen molar-refractivity contribution < 1.29 is 9.53 Å². The Labute approximate surface area is 203 Å². The quantitative estimate of drug-likeness (QED) is 0.187. The Morgan fingerprint density at radius 3 is 2.78 bits per heavy atom. The van der Waals surface area contributed by atoms with Crippen LogP contribution in [-0.4, -0.2) is 43.5 Å². The second-order valence-electron chi connectivity index (χ2n) is 7.94. The minimum Gasteiger partial charge on any atom is -0.372 e. The third-order valence-electron chi connectivity index (χ3n) is 5.58. The SMILES string of the molecule is CSc1nc2sc3c(c2c2nnc(SCC(=O)c4ccc(Cl)cc4)n12)C[C@H](C(C)C)OC3. The molecule has 1 atom stereocenters. The number of benzene rings is 1. The molecule has 0 unspecified atom stereocenters. The number of Topliss-reactive ketones (excluding diaryl/α,β-unsaturated/α-hetero) is 1. The van der Waals surface area contributed by atoms with E-state index >= 15 is 0 Å². The lowest BCUT2D eigenvalue weighted by Gasteiger charge is -2.26. The van der Waals surface area contributed by atoms with E-state index in [0.717, 1.165) is 27.4 Å². The molecule has 5 rings (SSSR count). The number of hydrogen-bond donors (Lipinski definition) is 0. The number of rotatable bonds is 6. The van der Waals surface area contributed by atoms with Gasteiger partial charge < -0.3 is 4.74 Å². The molecule has 4 heterocycles. The molecule has 0 aliphatic carbocycles. The van der Waals surface area contributed by atoms with E-state index in [1.807, 2.05) is 10.7 Å². The van der Waals surface area contributed by atoms with Crippen molar-refractivity contribution in [1.82, 2.24) is 19.6 Å². The van der Waals surface area contributed by atoms with Gasteiger partial charge in [-0.3, -0.25) is 4.79 Å². The van der Waals surface area contributed by atoms with Crippen molar-refractivity contribution >= 4 is 68.1 Å². The number of nitrogens with zero attached hydrogens (tertiary/aromatic N) is 4. The lowest BCUT2D eigenvalue weighted by Crippen LogP contribution is -2.26. The van der Waals surface area contributed by atoms with Crippen molar-refractivity contribution in [3.63, 3.8) is 0 Å². The Morgan fingerprint density at radius 2 is 2.06 bits per heavy atom. The number of carbonyl (C=O) groups excluding carboxylic acids is 1. The molecule has 1 aliphatic rings. The summed E-state index contributed by atoms with van der Waals surface area (Å²) in [6, 6.07) is 6.95. The van der Waals surface area contributed by atoms with Gasteiger partial charge in [-0.15, -0.1) is 21.5 Å². The molecule has 0 fully saturated rings. The summed E-state index contributed by atoms with van der Waals surface area (Å²) in [7, 11) is 0. The van der Waals surface area contributed by atoms with Crippen LogP contribution in [0.3, 0.4) is 0 Å². The van der Waals surface area contributed by atoms with Crippen LogP contribution in [0.2, 0.25) is 5.02 Å². The highest BCUT2D eigenvalue weighted by atomic mass is 35.5. The Kier molecular flexibility index (Phi) is 6.19. The minimum absolute atomic E-state index is 0.0213. The molecule has 4 aromatic rings. The van der Waals surface area contributed by atoms with Gasteiger partial charge in [0.1, 0.15) is 4.83 Å². The third kappa shape index (κ3) is 3.94. The van der Waals surface area contributed by atoms with Crippen molar-refractivity contribution in [2.75, 3.05) is 12.0 Å². The molecule has 0 saturated heterocycles. The van der Waals surface area contributed by atoms with Gasteiger partial charge in [-0.2, -0.15) is 0 Å². The predicted octanol–water partition coefficient (Wildman–Crippen LogP) is 5.79. The molecular weight excluding hydrogens is 484 g/mol. The number of thioether (sulfide) groups is 2. The fourth-order valence-electron chi connectivity index (χ4n) is 3.83. The van der Waals surface area contributed by atoms with Crippen molar-refractivity contribution in [1.29, 1.82) is 0 Å². The van der Waals surface area contributed by atoms with E-state index in [-0.39, 0.29) is 17.6 Å². The minimum atomic E-state index is 0.0213. The molecule has 0 N–H and O–H groups in total. The van der Waals surface area contributed by atoms with Crippen molar-refractivity contribution in [3.8, 4) is 0 Å². The number of thiophene rings is 1. The first-order chi connectivity index (χ1) is 15.5. The van der Waals surface area contributed by atoms with Crippen LogP contribution < -0.4 is 0 Å². The van der Waals surface area contributed by atoms with E-state index in [2.05, 4.69) is 24.0 Å². The third-order valence-corrected chi connectivity index (χ3v) is 8.50. The first-order valence-electron chi connectivity index (χ1n) is 10.2. The van der Waals surface area contributed by atoms with Gasteiger partial charge >= 0.3 is 0 Å². The average molecular weight is 505 g/mol. The van der Waals surface area contributed by atoms with Crippen LogP contribution in [0, 0.1) is 5.92 Å². The highest BCUT2D eigenvalue weighted by Gasteiger charge is 2.29. The zero-order valence-corrected chi connectivity index (χ0v) is 21.0. The summed E-state index contributed by atoms with van der Waals surface area (Å²) >= 11 is 10.5. The van der Waals surface area contributed by atoms with E-state index < -0.39 is 0 Å². The smallest absolute Gasteiger partial charge is 0.198 e. The van der Waals surface area contributed by atoms with Gasteiger partial charge in [0.05, 0.1) is 23.8 Å². The Balaban J connectivity index is 1.52. The molecule has 0 saturated carbocycles. The number of aromatic nitrogens is 4. The number of ether oxygens (including phenoxy) is 1. The average Bonchev–Trinajstić information content (AvgIpc) is 3.37. The summed E-state index contributed by atoms with van der Waals surface area (Å²) in [6.07, 6.45) is 3.04. The molecular formula is C22H21ClN4O2S3. The first kappa shape index (κ1) is 22.2. The maximum Gasteiger partial charge on any atom is 0.198 e. The second kappa shape index (κ2) is 8.95. The molecule has 166 valence electrons. The van der Waals surface area contributed by atoms with Crippen LogP contribution in [-0.2, 0) is 17.8 Å². The maximum atomic E-state index is 12.6. The maximum absolute atomic E-state index is 12.6. The van der Waals surface area contributed by atoms with Crippen LogP contribution in [0.4, 0.5) is 0 Å². The highest BCUT2D eigenvalue weighted by Crippen LogP contribution is 2.40. The van der Waals surface area contributed by atoms with Gasteiger partial charge in [0, 0.05) is 21.9 Å². The molecule has 0 radical (unpaired) electrons. The molecule has 3 aromatic heterocycles. The predicted molar refractivity (Wildman–Crippen MR) is 132 cm³/mol. The molecule has 32 heavy (non-hydrogen) atoms. The van der Waals surface area contributed by atoms with Crippen LogP contribution >= 0.6 is 46.5 Å². The highest BCUT2D eigenvalue weighted by molar-refractivity contribution is 8.00. The van der Waals surface area contributed by atoms with Crippen molar-refractivity contribution in [3.05, 3.63) is 45.3 Å². The molecule has 1 aliphatic heterocycles. The number of ketones is 1. The van der Waals surface area contributed by atoms with Gasteiger partial charge in [-0.25, -0.2) is 9.38 Å². The van der Waals surface area contributed by atoms with Crippen LogP contribution in [0.15, 0.2) is 34.6 Å². The summed E-state index contributed by atoms with van der Waals surface area (Å²) in [6.45, 7) is 4.99. The molecule has 1 aromatic carbocycles. The largest absolute Gasteiger partial charge is 0.372 e. The standard InChI is InChI=1S/C22H21ClN4O2S3/c1-11(2)16-8-14-17(9-29-16)32-20-18(14)19-25-26-22(27(19)21(24-20)30-3)31-10-15(28)12-4-6-13(23)7-5-12/h4-7,11,16H,8-10H2,1-3H3/t16-/m1/s1. The molecule has 0 spiro atoms. The zero-order chi connectivity index (χ0) is 22.4. The van der Waals surface area contributed by atoms with Crippen LogP contribution in [0.25, 0.3) is 15.9 Å². The number of hydrogen-bond acceptors (Lipinski definition) is 8. The summed E-state index contributed by atoms with van der Waals surface area (Å²) < 4.78 is 8.05. The van der Waals surface area contributed by atoms with E-state index in [1.165, 1.54) is 22.2 Å². The van der Waals surface area contributed by atoms with Crippen LogP contribution in [0.1, 0.15) is 34.6 Å². The topological polar surface area (TPSA) is 69.4 Å². The van der Waals surface area contributed by atoms with E-state index in [1.54, 1.807) is 47.4 Å². The van der Waals surface area contributed by atoms with Crippen molar-refractivity contribution in [2.24, 2.45) is 5.92 Å². The second-order valence-corrected chi connectivity index (χ2v) is 11.2. The van der Waals surface area contributed by atoms with E-state index in [0.29, 0.717) is 28.3 Å². The van der Waals surface area contributed by atoms with Crippen molar-refractivity contribution in [2.45, 2.75) is 43.3 Å². The first-order valence-corrected chi connectivity index (χ1v) is 13.6. The summed E-state index contributed by atoms with van der Waals surface area (Å²) in [5.41, 5.74) is 2.72. The lowest BCUT2D eigenvalue weighted by molar-refractivity contribution is 0.00203. The summed E-state index contributed by atoms with van der Waals surface area (Å²) in [4.78, 5) is 19.8. The zero-order valence-electron chi connectivity index (χ0n) is 17.8. The monoisotopic (exact) mass is 504 g/mol. The van der Waals surface area contributed by atoms with Gasteiger partial charge in [0.25, 0.3) is 0 Å². The normalized spacial score (nSPS) is 16.2. The molecule has 0 bridgehead atoms. The van der Waals surface area contributed by atoms with E-state index in [4.69, 9.17) is 21.3 Å².